The number of halogens is 3. The summed E-state index contributed by atoms with van der Waals surface area (Å²) in [6.45, 7) is -0.0565. The van der Waals surface area contributed by atoms with Crippen molar-refractivity contribution in [3.05, 3.63) is 67.4 Å². The SMILES string of the molecule is O=[N+]([O-])c1ccc(Cl)c(COc2ccc(Br)cc2F)c1. The first kappa shape index (κ1) is 14.7. The van der Waals surface area contributed by atoms with Crippen molar-refractivity contribution in [2.45, 2.75) is 6.61 Å². The number of nitrogens with zero attached hydrogens (tertiary/aromatic N) is 1. The van der Waals surface area contributed by atoms with E-state index in [-0.39, 0.29) is 18.0 Å². The molecular weight excluding hydrogens is 353 g/mol. The Hall–Kier alpha value is -1.66. The monoisotopic (exact) mass is 359 g/mol. The third-order valence-electron chi connectivity index (χ3n) is 2.52. The topological polar surface area (TPSA) is 52.4 Å². The maximum Gasteiger partial charge on any atom is 0.269 e. The summed E-state index contributed by atoms with van der Waals surface area (Å²) in [6, 6.07) is 8.38. The highest BCUT2D eigenvalue weighted by Crippen LogP contribution is 2.26. The summed E-state index contributed by atoms with van der Waals surface area (Å²) in [4.78, 5) is 10.2. The zero-order chi connectivity index (χ0) is 14.7. The van der Waals surface area contributed by atoms with Gasteiger partial charge in [0, 0.05) is 27.2 Å². The number of benzene rings is 2. The van der Waals surface area contributed by atoms with Crippen molar-refractivity contribution >= 4 is 33.2 Å². The Kier molecular flexibility index (Phi) is 4.57. The Balaban J connectivity index is 2.18. The molecule has 0 amide bonds. The predicted octanol–water partition coefficient (Wildman–Crippen LogP) is 4.73. The molecule has 0 unspecified atom stereocenters. The minimum absolute atomic E-state index is 0.0516. The molecule has 0 heterocycles. The van der Waals surface area contributed by atoms with E-state index in [1.54, 1.807) is 6.07 Å². The van der Waals surface area contributed by atoms with Crippen molar-refractivity contribution in [1.82, 2.24) is 0 Å². The Morgan fingerprint density at radius 3 is 2.70 bits per heavy atom. The van der Waals surface area contributed by atoms with Crippen molar-refractivity contribution in [1.29, 1.82) is 0 Å². The van der Waals surface area contributed by atoms with Crippen LogP contribution in [0.2, 0.25) is 5.02 Å². The van der Waals surface area contributed by atoms with Crippen LogP contribution in [0, 0.1) is 15.9 Å². The van der Waals surface area contributed by atoms with Gasteiger partial charge in [-0.3, -0.25) is 10.1 Å². The van der Waals surface area contributed by atoms with E-state index in [9.17, 15) is 14.5 Å². The van der Waals surface area contributed by atoms with Gasteiger partial charge >= 0.3 is 0 Å². The van der Waals surface area contributed by atoms with Crippen LogP contribution >= 0.6 is 27.5 Å². The molecule has 104 valence electrons. The number of rotatable bonds is 4. The molecule has 2 aromatic carbocycles. The van der Waals surface area contributed by atoms with Crippen LogP contribution < -0.4 is 4.74 Å². The van der Waals surface area contributed by atoms with Gasteiger partial charge < -0.3 is 4.74 Å². The summed E-state index contributed by atoms with van der Waals surface area (Å²) in [5.41, 5.74) is 0.326. The molecule has 0 aromatic heterocycles. The lowest BCUT2D eigenvalue weighted by Gasteiger charge is -2.08. The minimum Gasteiger partial charge on any atom is -0.486 e. The molecule has 0 atom stereocenters. The van der Waals surface area contributed by atoms with Gasteiger partial charge in [-0.2, -0.15) is 0 Å². The van der Waals surface area contributed by atoms with Gasteiger partial charge in [0.2, 0.25) is 0 Å². The van der Waals surface area contributed by atoms with E-state index < -0.39 is 10.7 Å². The lowest BCUT2D eigenvalue weighted by molar-refractivity contribution is -0.384. The Bertz CT molecular complexity index is 666. The highest BCUT2D eigenvalue weighted by atomic mass is 79.9. The summed E-state index contributed by atoms with van der Waals surface area (Å²) < 4.78 is 19.4. The lowest BCUT2D eigenvalue weighted by Crippen LogP contribution is -1.99. The first-order valence-electron chi connectivity index (χ1n) is 5.48. The van der Waals surface area contributed by atoms with Gasteiger partial charge in [-0.05, 0) is 24.3 Å². The van der Waals surface area contributed by atoms with Crippen molar-refractivity contribution in [3.63, 3.8) is 0 Å². The molecule has 0 saturated heterocycles. The number of hydrogen-bond donors (Lipinski definition) is 0. The van der Waals surface area contributed by atoms with Gasteiger partial charge in [-0.25, -0.2) is 4.39 Å². The molecule has 0 fully saturated rings. The molecular formula is C13H8BrClFNO3. The molecule has 20 heavy (non-hydrogen) atoms. The summed E-state index contributed by atoms with van der Waals surface area (Å²) in [5.74, 6) is -0.475. The molecule has 0 N–H and O–H groups in total. The Morgan fingerprint density at radius 2 is 2.05 bits per heavy atom. The van der Waals surface area contributed by atoms with Gasteiger partial charge in [-0.15, -0.1) is 0 Å². The maximum atomic E-state index is 13.6. The fraction of sp³-hybridized carbons (Fsp3) is 0.0769. The quantitative estimate of drug-likeness (QED) is 0.585. The number of nitro benzene ring substituents is 1. The highest BCUT2D eigenvalue weighted by molar-refractivity contribution is 9.10. The van der Waals surface area contributed by atoms with Crippen LogP contribution in [0.4, 0.5) is 10.1 Å². The molecule has 0 aliphatic carbocycles. The molecule has 0 aliphatic heterocycles. The maximum absolute atomic E-state index is 13.6. The largest absolute Gasteiger partial charge is 0.486 e. The highest BCUT2D eigenvalue weighted by Gasteiger charge is 2.11. The fourth-order valence-corrected chi connectivity index (χ4v) is 2.04. The third kappa shape index (κ3) is 3.46. The Morgan fingerprint density at radius 1 is 1.30 bits per heavy atom. The van der Waals surface area contributed by atoms with E-state index in [4.69, 9.17) is 16.3 Å². The summed E-state index contributed by atoms with van der Waals surface area (Å²) in [5, 5.41) is 11.0. The molecule has 4 nitrogen and oxygen atoms in total. The standard InChI is InChI=1S/C13H8BrClFNO3/c14-9-1-4-13(12(16)6-9)20-7-8-5-10(17(18)19)2-3-11(8)15/h1-6H,7H2. The molecule has 0 saturated carbocycles. The van der Waals surface area contributed by atoms with Gasteiger partial charge in [0.05, 0.1) is 4.92 Å². The number of non-ortho nitro benzene ring substituents is 1. The van der Waals surface area contributed by atoms with E-state index >= 15 is 0 Å². The second-order valence-corrected chi connectivity index (χ2v) is 5.22. The predicted molar refractivity (Wildman–Crippen MR) is 76.5 cm³/mol. The van der Waals surface area contributed by atoms with Crippen molar-refractivity contribution in [2.24, 2.45) is 0 Å². The van der Waals surface area contributed by atoms with Crippen LogP contribution in [0.1, 0.15) is 5.56 Å². The smallest absolute Gasteiger partial charge is 0.269 e. The average Bonchev–Trinajstić information content (AvgIpc) is 2.39. The lowest BCUT2D eigenvalue weighted by atomic mass is 10.2. The van der Waals surface area contributed by atoms with Crippen LogP contribution in [-0.2, 0) is 6.61 Å². The van der Waals surface area contributed by atoms with E-state index in [0.29, 0.717) is 15.1 Å². The summed E-state index contributed by atoms with van der Waals surface area (Å²) in [6.07, 6.45) is 0. The molecule has 2 aromatic rings. The first-order valence-corrected chi connectivity index (χ1v) is 6.65. The van der Waals surface area contributed by atoms with E-state index in [0.717, 1.165) is 0 Å². The van der Waals surface area contributed by atoms with Gasteiger partial charge in [0.1, 0.15) is 6.61 Å². The van der Waals surface area contributed by atoms with Crippen LogP contribution in [0.25, 0.3) is 0 Å². The van der Waals surface area contributed by atoms with Gasteiger partial charge in [0.25, 0.3) is 5.69 Å². The van der Waals surface area contributed by atoms with Crippen LogP contribution in [0.3, 0.4) is 0 Å². The second kappa shape index (κ2) is 6.19. The summed E-state index contributed by atoms with van der Waals surface area (Å²) in [7, 11) is 0. The number of ether oxygens (including phenoxy) is 1. The van der Waals surface area contributed by atoms with E-state index in [1.807, 2.05) is 0 Å². The van der Waals surface area contributed by atoms with Crippen LogP contribution in [-0.4, -0.2) is 4.92 Å². The van der Waals surface area contributed by atoms with Crippen LogP contribution in [0.5, 0.6) is 5.75 Å². The van der Waals surface area contributed by atoms with E-state index in [1.165, 1.54) is 30.3 Å². The van der Waals surface area contributed by atoms with Gasteiger partial charge in [0.15, 0.2) is 11.6 Å². The van der Waals surface area contributed by atoms with Crippen molar-refractivity contribution in [3.8, 4) is 5.75 Å². The molecule has 0 radical (unpaired) electrons. The zero-order valence-electron chi connectivity index (χ0n) is 9.98. The van der Waals surface area contributed by atoms with Crippen molar-refractivity contribution < 1.29 is 14.1 Å². The number of hydrogen-bond acceptors (Lipinski definition) is 3. The molecule has 0 spiro atoms. The van der Waals surface area contributed by atoms with Crippen molar-refractivity contribution in [2.75, 3.05) is 0 Å². The molecule has 7 heteroatoms. The fourth-order valence-electron chi connectivity index (χ4n) is 1.53. The third-order valence-corrected chi connectivity index (χ3v) is 3.38. The van der Waals surface area contributed by atoms with E-state index in [2.05, 4.69) is 15.9 Å². The Labute approximate surface area is 127 Å². The average molecular weight is 361 g/mol. The zero-order valence-corrected chi connectivity index (χ0v) is 12.3. The summed E-state index contributed by atoms with van der Waals surface area (Å²) >= 11 is 9.07. The number of nitro groups is 1. The molecule has 0 aliphatic rings. The second-order valence-electron chi connectivity index (χ2n) is 3.90. The van der Waals surface area contributed by atoms with Crippen LogP contribution in [0.15, 0.2) is 40.9 Å². The molecule has 2 rings (SSSR count). The van der Waals surface area contributed by atoms with Gasteiger partial charge in [-0.1, -0.05) is 27.5 Å². The molecule has 0 bridgehead atoms. The normalized spacial score (nSPS) is 10.3. The minimum atomic E-state index is -0.528. The first-order chi connectivity index (χ1) is 9.47.